The Balaban J connectivity index is 1.73. The molecule has 1 aromatic carbocycles. The van der Waals surface area contributed by atoms with E-state index in [0.717, 1.165) is 44.1 Å². The number of carbonyl (C=O) groups excluding carboxylic acids is 1. The highest BCUT2D eigenvalue weighted by Crippen LogP contribution is 2.31. The predicted octanol–water partition coefficient (Wildman–Crippen LogP) is 3.57. The molecule has 6 heteroatoms. The molecule has 2 heterocycles. The van der Waals surface area contributed by atoms with Gasteiger partial charge in [0.25, 0.3) is 5.91 Å². The third-order valence-corrected chi connectivity index (χ3v) is 4.91. The summed E-state index contributed by atoms with van der Waals surface area (Å²) in [5, 5.41) is 2.94. The van der Waals surface area contributed by atoms with Crippen LogP contribution in [0.2, 0.25) is 0 Å². The molecule has 0 spiro atoms. The third kappa shape index (κ3) is 5.01. The maximum Gasteiger partial charge on any atom is 0.274 e. The van der Waals surface area contributed by atoms with E-state index in [0.29, 0.717) is 23.7 Å². The summed E-state index contributed by atoms with van der Waals surface area (Å²) in [7, 11) is 0. The van der Waals surface area contributed by atoms with Gasteiger partial charge in [-0.2, -0.15) is 0 Å². The van der Waals surface area contributed by atoms with Crippen LogP contribution in [0, 0.1) is 6.92 Å². The summed E-state index contributed by atoms with van der Waals surface area (Å²) in [4.78, 5) is 21.7. The van der Waals surface area contributed by atoms with E-state index in [1.54, 1.807) is 6.07 Å². The molecule has 0 aliphatic carbocycles. The highest BCUT2D eigenvalue weighted by atomic mass is 16.5. The van der Waals surface area contributed by atoms with Crippen LogP contribution in [0.3, 0.4) is 0 Å². The highest BCUT2D eigenvalue weighted by molar-refractivity contribution is 6.03. The lowest BCUT2D eigenvalue weighted by Crippen LogP contribution is -2.46. The van der Waals surface area contributed by atoms with Gasteiger partial charge in [0.2, 0.25) is 0 Å². The zero-order valence-electron chi connectivity index (χ0n) is 17.1. The number of carbonyl (C=O) groups is 1. The van der Waals surface area contributed by atoms with Crippen LogP contribution in [0.25, 0.3) is 0 Å². The second kappa shape index (κ2) is 9.55. The second-order valence-corrected chi connectivity index (χ2v) is 7.06. The molecule has 1 saturated heterocycles. The monoisotopic (exact) mass is 382 g/mol. The van der Waals surface area contributed by atoms with Crippen LogP contribution in [-0.2, 0) is 0 Å². The number of ether oxygens (including phenoxy) is 1. The van der Waals surface area contributed by atoms with Gasteiger partial charge in [0.1, 0.15) is 11.4 Å². The number of nitrogens with zero attached hydrogens (tertiary/aromatic N) is 3. The van der Waals surface area contributed by atoms with Crippen LogP contribution < -0.4 is 15.0 Å². The summed E-state index contributed by atoms with van der Waals surface area (Å²) in [6, 6.07) is 11.4. The van der Waals surface area contributed by atoms with Gasteiger partial charge in [-0.15, -0.1) is 0 Å². The van der Waals surface area contributed by atoms with E-state index in [2.05, 4.69) is 33.1 Å². The van der Waals surface area contributed by atoms with Crippen molar-refractivity contribution in [2.45, 2.75) is 27.2 Å². The number of piperazine rings is 1. The maximum atomic E-state index is 12.6. The zero-order chi connectivity index (χ0) is 19.9. The van der Waals surface area contributed by atoms with Crippen LogP contribution in [0.1, 0.15) is 36.5 Å². The highest BCUT2D eigenvalue weighted by Gasteiger charge is 2.18. The fourth-order valence-electron chi connectivity index (χ4n) is 3.49. The maximum absolute atomic E-state index is 12.6. The zero-order valence-corrected chi connectivity index (χ0v) is 17.1. The van der Waals surface area contributed by atoms with Crippen molar-refractivity contribution in [1.29, 1.82) is 0 Å². The minimum Gasteiger partial charge on any atom is -0.492 e. The molecule has 0 radical (unpaired) electrons. The first-order valence-electron chi connectivity index (χ1n) is 10.1. The first kappa shape index (κ1) is 20.1. The number of nitrogens with one attached hydrogen (secondary N) is 1. The summed E-state index contributed by atoms with van der Waals surface area (Å²) in [5.74, 6) is 0.461. The molecule has 1 aromatic heterocycles. The van der Waals surface area contributed by atoms with Crippen molar-refractivity contribution in [2.24, 2.45) is 0 Å². The second-order valence-electron chi connectivity index (χ2n) is 7.06. The Kier molecular flexibility index (Phi) is 6.87. The Morgan fingerprint density at radius 2 is 1.93 bits per heavy atom. The minimum atomic E-state index is -0.231. The van der Waals surface area contributed by atoms with Crippen molar-refractivity contribution < 1.29 is 9.53 Å². The molecular weight excluding hydrogens is 352 g/mol. The molecule has 1 aliphatic heterocycles. The van der Waals surface area contributed by atoms with Crippen molar-refractivity contribution in [3.63, 3.8) is 0 Å². The van der Waals surface area contributed by atoms with Crippen LogP contribution >= 0.6 is 0 Å². The topological polar surface area (TPSA) is 57.7 Å². The molecule has 1 fully saturated rings. The molecular formula is C22H30N4O2. The number of rotatable bonds is 7. The smallest absolute Gasteiger partial charge is 0.274 e. The van der Waals surface area contributed by atoms with Crippen LogP contribution in [-0.4, -0.2) is 55.1 Å². The van der Waals surface area contributed by atoms with E-state index in [9.17, 15) is 4.79 Å². The normalized spacial score (nSPS) is 14.8. The number of amides is 1. The Morgan fingerprint density at radius 3 is 2.61 bits per heavy atom. The average Bonchev–Trinajstić information content (AvgIpc) is 2.70. The largest absolute Gasteiger partial charge is 0.492 e. The van der Waals surface area contributed by atoms with Crippen molar-refractivity contribution in [2.75, 3.05) is 49.5 Å². The lowest BCUT2D eigenvalue weighted by molar-refractivity contribution is 0.102. The SMILES string of the molecule is CCCN1CCN(c2ccc(NC(=O)c3cccc(C)n3)c(OCC)c2)CC1. The van der Waals surface area contributed by atoms with Crippen molar-refractivity contribution >= 4 is 17.3 Å². The van der Waals surface area contributed by atoms with Gasteiger partial charge in [0.05, 0.1) is 12.3 Å². The van der Waals surface area contributed by atoms with Gasteiger partial charge in [-0.3, -0.25) is 9.69 Å². The van der Waals surface area contributed by atoms with Gasteiger partial charge in [0, 0.05) is 43.6 Å². The summed E-state index contributed by atoms with van der Waals surface area (Å²) in [6.45, 7) is 11.9. The Labute approximate surface area is 167 Å². The van der Waals surface area contributed by atoms with Gasteiger partial charge in [-0.1, -0.05) is 13.0 Å². The number of hydrogen-bond acceptors (Lipinski definition) is 5. The summed E-state index contributed by atoms with van der Waals surface area (Å²) >= 11 is 0. The summed E-state index contributed by atoms with van der Waals surface area (Å²) in [6.07, 6.45) is 1.19. The van der Waals surface area contributed by atoms with E-state index in [4.69, 9.17) is 4.74 Å². The van der Waals surface area contributed by atoms with Crippen LogP contribution in [0.4, 0.5) is 11.4 Å². The van der Waals surface area contributed by atoms with E-state index >= 15 is 0 Å². The average molecular weight is 383 g/mol. The predicted molar refractivity (Wildman–Crippen MR) is 113 cm³/mol. The molecule has 1 aliphatic rings. The van der Waals surface area contributed by atoms with Crippen molar-refractivity contribution in [1.82, 2.24) is 9.88 Å². The fourth-order valence-corrected chi connectivity index (χ4v) is 3.49. The molecule has 0 unspecified atom stereocenters. The van der Waals surface area contributed by atoms with Gasteiger partial charge < -0.3 is 15.0 Å². The molecule has 3 rings (SSSR count). The van der Waals surface area contributed by atoms with E-state index in [-0.39, 0.29) is 5.91 Å². The molecule has 6 nitrogen and oxygen atoms in total. The number of hydrogen-bond donors (Lipinski definition) is 1. The molecule has 0 saturated carbocycles. The number of pyridine rings is 1. The van der Waals surface area contributed by atoms with Crippen molar-refractivity contribution in [3.05, 3.63) is 47.8 Å². The van der Waals surface area contributed by atoms with E-state index < -0.39 is 0 Å². The Bertz CT molecular complexity index is 801. The molecule has 28 heavy (non-hydrogen) atoms. The number of benzene rings is 1. The third-order valence-electron chi connectivity index (χ3n) is 4.91. The standard InChI is InChI=1S/C22H30N4O2/c1-4-11-25-12-14-26(15-13-25)18-9-10-19(21(16-18)28-5-2)24-22(27)20-8-6-7-17(3)23-20/h6-10,16H,4-5,11-15H2,1-3H3,(H,24,27). The van der Waals surface area contributed by atoms with Gasteiger partial charge in [0.15, 0.2) is 0 Å². The molecule has 1 amide bonds. The van der Waals surface area contributed by atoms with Crippen molar-refractivity contribution in [3.8, 4) is 5.75 Å². The summed E-state index contributed by atoms with van der Waals surface area (Å²) < 4.78 is 5.82. The Morgan fingerprint density at radius 1 is 1.14 bits per heavy atom. The first-order chi connectivity index (χ1) is 13.6. The van der Waals surface area contributed by atoms with Crippen LogP contribution in [0.15, 0.2) is 36.4 Å². The van der Waals surface area contributed by atoms with Crippen LogP contribution in [0.5, 0.6) is 5.75 Å². The first-order valence-corrected chi connectivity index (χ1v) is 10.1. The lowest BCUT2D eigenvalue weighted by Gasteiger charge is -2.36. The molecule has 1 N–H and O–H groups in total. The van der Waals surface area contributed by atoms with Gasteiger partial charge in [-0.25, -0.2) is 4.98 Å². The van der Waals surface area contributed by atoms with Gasteiger partial charge >= 0.3 is 0 Å². The Hall–Kier alpha value is -2.60. The minimum absolute atomic E-state index is 0.231. The molecule has 150 valence electrons. The number of anilines is 2. The number of aryl methyl sites for hydroxylation is 1. The quantitative estimate of drug-likeness (QED) is 0.793. The molecule has 2 aromatic rings. The van der Waals surface area contributed by atoms with Gasteiger partial charge in [-0.05, 0) is 51.1 Å². The molecule has 0 bridgehead atoms. The van der Waals surface area contributed by atoms with E-state index in [1.807, 2.05) is 38.1 Å². The van der Waals surface area contributed by atoms with E-state index in [1.165, 1.54) is 6.42 Å². The lowest BCUT2D eigenvalue weighted by atomic mass is 10.2. The summed E-state index contributed by atoms with van der Waals surface area (Å²) in [5.41, 5.74) is 3.02. The fraction of sp³-hybridized carbons (Fsp3) is 0.455. The molecule has 0 atom stereocenters. The number of aromatic nitrogens is 1.